The Morgan fingerprint density at radius 2 is 1.95 bits per heavy atom. The molecule has 1 aliphatic heterocycles. The number of nitrogens with zero attached hydrogens (tertiary/aromatic N) is 1. The molecule has 0 aromatic rings. The molecule has 1 aliphatic rings. The Hall–Kier alpha value is -0.710. The van der Waals surface area contributed by atoms with Crippen LogP contribution >= 0.6 is 0 Å². The van der Waals surface area contributed by atoms with Gasteiger partial charge in [0.2, 0.25) is 20.0 Å². The lowest BCUT2D eigenvalue weighted by atomic mass is 10.0. The number of hydrogen-bond acceptors (Lipinski definition) is 5. The van der Waals surface area contributed by atoms with Crippen LogP contribution in [0.25, 0.3) is 0 Å². The van der Waals surface area contributed by atoms with Gasteiger partial charge in [-0.1, -0.05) is 6.42 Å². The van der Waals surface area contributed by atoms with Crippen molar-refractivity contribution < 1.29 is 26.7 Å². The van der Waals surface area contributed by atoms with Gasteiger partial charge in [0.05, 0.1) is 6.26 Å². The highest BCUT2D eigenvalue weighted by Crippen LogP contribution is 2.22. The van der Waals surface area contributed by atoms with Gasteiger partial charge in [-0.2, -0.15) is 4.31 Å². The summed E-state index contributed by atoms with van der Waals surface area (Å²) in [6.45, 7) is 0.432. The molecule has 8 nitrogen and oxygen atoms in total. The standard InChI is InChI=1S/C10H20N2O6S2/c1-19(15,16)11-6-5-9-4-2-3-7-12(9)20(17,18)8-10(13)14/h9,11H,2-8H2,1H3,(H,13,14). The number of aliphatic carboxylic acids is 1. The summed E-state index contributed by atoms with van der Waals surface area (Å²) < 4.78 is 49.4. The minimum absolute atomic E-state index is 0.141. The monoisotopic (exact) mass is 328 g/mol. The number of carboxylic acid groups (broad SMARTS) is 1. The van der Waals surface area contributed by atoms with Crippen LogP contribution < -0.4 is 4.72 Å². The van der Waals surface area contributed by atoms with Gasteiger partial charge in [-0.25, -0.2) is 21.6 Å². The summed E-state index contributed by atoms with van der Waals surface area (Å²) in [6, 6.07) is -0.345. The lowest BCUT2D eigenvalue weighted by Crippen LogP contribution is -2.47. The van der Waals surface area contributed by atoms with Crippen molar-refractivity contribution in [1.29, 1.82) is 0 Å². The SMILES string of the molecule is CS(=O)(=O)NCCC1CCCCN1S(=O)(=O)CC(=O)O. The number of nitrogens with one attached hydrogen (secondary N) is 1. The van der Waals surface area contributed by atoms with Crippen molar-refractivity contribution in [2.75, 3.05) is 25.1 Å². The summed E-state index contributed by atoms with van der Waals surface area (Å²) in [5.41, 5.74) is 0. The fourth-order valence-corrected chi connectivity index (χ4v) is 4.32. The molecule has 0 bridgehead atoms. The van der Waals surface area contributed by atoms with Crippen molar-refractivity contribution in [2.24, 2.45) is 0 Å². The first-order valence-corrected chi connectivity index (χ1v) is 9.78. The molecule has 0 radical (unpaired) electrons. The van der Waals surface area contributed by atoms with Crippen LogP contribution in [0.3, 0.4) is 0 Å². The van der Waals surface area contributed by atoms with E-state index in [1.54, 1.807) is 0 Å². The number of piperidine rings is 1. The maximum atomic E-state index is 12.0. The second-order valence-corrected chi connectivity index (χ2v) is 8.62. The second kappa shape index (κ2) is 6.83. The molecule has 0 aromatic heterocycles. The van der Waals surface area contributed by atoms with Crippen molar-refractivity contribution in [3.05, 3.63) is 0 Å². The van der Waals surface area contributed by atoms with Crippen molar-refractivity contribution in [3.8, 4) is 0 Å². The van der Waals surface area contributed by atoms with Gasteiger partial charge in [0, 0.05) is 19.1 Å². The molecule has 0 amide bonds. The van der Waals surface area contributed by atoms with Crippen LogP contribution in [0.15, 0.2) is 0 Å². The van der Waals surface area contributed by atoms with Gasteiger partial charge < -0.3 is 5.11 Å². The zero-order chi connectivity index (χ0) is 15.4. The Balaban J connectivity index is 2.69. The lowest BCUT2D eigenvalue weighted by Gasteiger charge is -2.34. The van der Waals surface area contributed by atoms with E-state index in [4.69, 9.17) is 5.11 Å². The molecular formula is C10H20N2O6S2. The Morgan fingerprint density at radius 1 is 1.30 bits per heavy atom. The largest absolute Gasteiger partial charge is 0.480 e. The molecule has 118 valence electrons. The highest BCUT2D eigenvalue weighted by atomic mass is 32.2. The van der Waals surface area contributed by atoms with E-state index in [9.17, 15) is 21.6 Å². The van der Waals surface area contributed by atoms with Crippen LogP contribution in [0.4, 0.5) is 0 Å². The highest BCUT2D eigenvalue weighted by Gasteiger charge is 2.33. The number of carbonyl (C=O) groups is 1. The fraction of sp³-hybridized carbons (Fsp3) is 0.900. The fourth-order valence-electron chi connectivity index (χ4n) is 2.28. The van der Waals surface area contributed by atoms with Gasteiger partial charge in [0.25, 0.3) is 0 Å². The molecule has 1 fully saturated rings. The van der Waals surface area contributed by atoms with E-state index in [0.29, 0.717) is 25.8 Å². The average molecular weight is 328 g/mol. The predicted octanol–water partition coefficient (Wildman–Crippen LogP) is -0.805. The van der Waals surface area contributed by atoms with Crippen molar-refractivity contribution >= 4 is 26.0 Å². The molecule has 1 atom stereocenters. The predicted molar refractivity (Wildman–Crippen MR) is 73.2 cm³/mol. The molecule has 1 unspecified atom stereocenters. The van der Waals surface area contributed by atoms with Crippen LogP contribution in [-0.4, -0.2) is 63.4 Å². The summed E-state index contributed by atoms with van der Waals surface area (Å²) >= 11 is 0. The van der Waals surface area contributed by atoms with Crippen LogP contribution in [0.5, 0.6) is 0 Å². The van der Waals surface area contributed by atoms with E-state index in [-0.39, 0.29) is 12.6 Å². The van der Waals surface area contributed by atoms with Crippen molar-refractivity contribution in [3.63, 3.8) is 0 Å². The molecule has 2 N–H and O–H groups in total. The first-order chi connectivity index (χ1) is 9.12. The summed E-state index contributed by atoms with van der Waals surface area (Å²) in [4.78, 5) is 10.6. The number of carboxylic acids is 1. The van der Waals surface area contributed by atoms with Crippen molar-refractivity contribution in [1.82, 2.24) is 9.03 Å². The normalized spacial score (nSPS) is 21.8. The third kappa shape index (κ3) is 5.73. The van der Waals surface area contributed by atoms with E-state index in [1.165, 1.54) is 4.31 Å². The molecule has 20 heavy (non-hydrogen) atoms. The molecule has 0 aliphatic carbocycles. The van der Waals surface area contributed by atoms with Gasteiger partial charge in [0.15, 0.2) is 5.75 Å². The van der Waals surface area contributed by atoms with Crippen LogP contribution in [0.2, 0.25) is 0 Å². The Bertz CT molecular complexity index is 542. The molecule has 0 spiro atoms. The van der Waals surface area contributed by atoms with Gasteiger partial charge in [0.1, 0.15) is 0 Å². The third-order valence-electron chi connectivity index (χ3n) is 3.08. The first-order valence-electron chi connectivity index (χ1n) is 6.28. The minimum Gasteiger partial charge on any atom is -0.480 e. The Morgan fingerprint density at radius 3 is 2.50 bits per heavy atom. The van der Waals surface area contributed by atoms with Gasteiger partial charge in [-0.15, -0.1) is 0 Å². The van der Waals surface area contributed by atoms with Gasteiger partial charge in [-0.05, 0) is 19.3 Å². The summed E-state index contributed by atoms with van der Waals surface area (Å²) in [7, 11) is -7.15. The van der Waals surface area contributed by atoms with E-state index < -0.39 is 31.8 Å². The molecule has 1 rings (SSSR count). The number of rotatable bonds is 7. The van der Waals surface area contributed by atoms with E-state index in [0.717, 1.165) is 12.7 Å². The third-order valence-corrected chi connectivity index (χ3v) is 5.61. The zero-order valence-electron chi connectivity index (χ0n) is 11.3. The Labute approximate surface area is 119 Å². The Kier molecular flexibility index (Phi) is 5.92. The smallest absolute Gasteiger partial charge is 0.320 e. The summed E-state index contributed by atoms with van der Waals surface area (Å²) in [5, 5.41) is 8.65. The molecule has 10 heteroatoms. The first kappa shape index (κ1) is 17.3. The van der Waals surface area contributed by atoms with Gasteiger partial charge in [-0.3, -0.25) is 4.79 Å². The topological polar surface area (TPSA) is 121 Å². The minimum atomic E-state index is -3.84. The molecular weight excluding hydrogens is 308 g/mol. The maximum Gasteiger partial charge on any atom is 0.320 e. The summed E-state index contributed by atoms with van der Waals surface area (Å²) in [6.07, 6.45) is 3.53. The maximum absolute atomic E-state index is 12.0. The van der Waals surface area contributed by atoms with Gasteiger partial charge >= 0.3 is 5.97 Å². The van der Waals surface area contributed by atoms with E-state index in [1.807, 2.05) is 0 Å². The summed E-state index contributed by atoms with van der Waals surface area (Å²) in [5.74, 6) is -2.31. The number of hydrogen-bond donors (Lipinski definition) is 2. The number of sulfonamides is 2. The van der Waals surface area contributed by atoms with Crippen molar-refractivity contribution in [2.45, 2.75) is 31.7 Å². The quantitative estimate of drug-likeness (QED) is 0.631. The van der Waals surface area contributed by atoms with Crippen LogP contribution in [0.1, 0.15) is 25.7 Å². The van der Waals surface area contributed by atoms with Crippen LogP contribution in [-0.2, 0) is 24.8 Å². The lowest BCUT2D eigenvalue weighted by molar-refractivity contribution is -0.134. The average Bonchev–Trinajstić information content (AvgIpc) is 2.26. The molecule has 1 heterocycles. The van der Waals surface area contributed by atoms with E-state index in [2.05, 4.69) is 4.72 Å². The van der Waals surface area contributed by atoms with E-state index >= 15 is 0 Å². The van der Waals surface area contributed by atoms with Crippen LogP contribution in [0, 0.1) is 0 Å². The second-order valence-electron chi connectivity index (χ2n) is 4.87. The molecule has 0 saturated carbocycles. The molecule has 1 saturated heterocycles. The zero-order valence-corrected chi connectivity index (χ0v) is 12.9. The molecule has 0 aromatic carbocycles. The highest BCUT2D eigenvalue weighted by molar-refractivity contribution is 7.89.